The predicted octanol–water partition coefficient (Wildman–Crippen LogP) is 3.84. The molecule has 4 rings (SSSR count). The molecule has 0 aliphatic carbocycles. The molecule has 31 heavy (non-hydrogen) atoms. The second-order valence-corrected chi connectivity index (χ2v) is 8.92. The Morgan fingerprint density at radius 3 is 2.45 bits per heavy atom. The molecule has 160 valence electrons. The van der Waals surface area contributed by atoms with Crippen molar-refractivity contribution in [2.75, 3.05) is 17.9 Å². The van der Waals surface area contributed by atoms with Gasteiger partial charge in [0, 0.05) is 28.9 Å². The number of halogens is 1. The molecule has 0 unspecified atom stereocenters. The Hall–Kier alpha value is -3.23. The Morgan fingerprint density at radius 1 is 0.935 bits per heavy atom. The molecule has 1 amide bonds. The number of fused-ring (bicyclic) bond motifs is 1. The van der Waals surface area contributed by atoms with Gasteiger partial charge in [-0.05, 0) is 48.0 Å². The van der Waals surface area contributed by atoms with Crippen LogP contribution in [-0.4, -0.2) is 27.5 Å². The topological polar surface area (TPSA) is 93.7 Å². The number of rotatable bonds is 6. The highest BCUT2D eigenvalue weighted by Crippen LogP contribution is 2.32. The molecule has 0 saturated carbocycles. The van der Waals surface area contributed by atoms with Crippen LogP contribution in [0.1, 0.15) is 15.9 Å². The first kappa shape index (κ1) is 21.0. The molecule has 1 heterocycles. The summed E-state index contributed by atoms with van der Waals surface area (Å²) in [6.07, 6.45) is 0. The minimum atomic E-state index is -3.88. The number of hydrogen-bond donors (Lipinski definition) is 2. The summed E-state index contributed by atoms with van der Waals surface area (Å²) in [6.45, 7) is 1.10. The van der Waals surface area contributed by atoms with E-state index in [1.165, 1.54) is 18.2 Å². The number of hydrogen-bond acceptors (Lipinski definition) is 5. The van der Waals surface area contributed by atoms with E-state index >= 15 is 0 Å². The fourth-order valence-electron chi connectivity index (χ4n) is 3.02. The smallest absolute Gasteiger partial charge is 0.262 e. The van der Waals surface area contributed by atoms with Gasteiger partial charge in [-0.1, -0.05) is 29.8 Å². The first-order valence-electron chi connectivity index (χ1n) is 9.46. The van der Waals surface area contributed by atoms with E-state index in [0.29, 0.717) is 41.8 Å². The van der Waals surface area contributed by atoms with E-state index in [-0.39, 0.29) is 16.5 Å². The third-order valence-corrected chi connectivity index (χ3v) is 6.20. The van der Waals surface area contributed by atoms with E-state index in [0.717, 1.165) is 5.56 Å². The average molecular weight is 459 g/mol. The summed E-state index contributed by atoms with van der Waals surface area (Å²) in [7, 11) is -3.88. The summed E-state index contributed by atoms with van der Waals surface area (Å²) in [5, 5.41) is 3.42. The molecule has 3 aromatic rings. The van der Waals surface area contributed by atoms with E-state index in [1.807, 2.05) is 12.1 Å². The maximum atomic E-state index is 12.8. The van der Waals surface area contributed by atoms with Gasteiger partial charge in [0.15, 0.2) is 11.5 Å². The molecular formula is C22H19ClN2O5S. The Morgan fingerprint density at radius 2 is 1.68 bits per heavy atom. The summed E-state index contributed by atoms with van der Waals surface area (Å²) in [5.74, 6) is 0.560. The van der Waals surface area contributed by atoms with E-state index in [1.54, 1.807) is 36.4 Å². The van der Waals surface area contributed by atoms with Gasteiger partial charge >= 0.3 is 0 Å². The maximum Gasteiger partial charge on any atom is 0.262 e. The molecule has 9 heteroatoms. The summed E-state index contributed by atoms with van der Waals surface area (Å²) in [5.41, 5.74) is 1.50. The minimum absolute atomic E-state index is 0.0364. The highest BCUT2D eigenvalue weighted by Gasteiger charge is 2.20. The molecule has 0 radical (unpaired) electrons. The van der Waals surface area contributed by atoms with Gasteiger partial charge in [-0.2, -0.15) is 0 Å². The lowest BCUT2D eigenvalue weighted by atomic mass is 10.2. The van der Waals surface area contributed by atoms with Crippen LogP contribution >= 0.6 is 11.6 Å². The van der Waals surface area contributed by atoms with Crippen molar-refractivity contribution in [1.82, 2.24) is 5.32 Å². The van der Waals surface area contributed by atoms with E-state index < -0.39 is 10.0 Å². The number of amides is 1. The number of ether oxygens (including phenoxy) is 2. The summed E-state index contributed by atoms with van der Waals surface area (Å²) in [6, 6.07) is 17.8. The van der Waals surface area contributed by atoms with Crippen molar-refractivity contribution in [1.29, 1.82) is 0 Å². The van der Waals surface area contributed by atoms with Crippen LogP contribution in [0.2, 0.25) is 5.02 Å². The number of benzene rings is 3. The molecule has 1 aliphatic rings. The monoisotopic (exact) mass is 458 g/mol. The van der Waals surface area contributed by atoms with Crippen LogP contribution in [0.25, 0.3) is 0 Å². The average Bonchev–Trinajstić information content (AvgIpc) is 2.78. The highest BCUT2D eigenvalue weighted by molar-refractivity contribution is 7.92. The molecule has 0 saturated heterocycles. The van der Waals surface area contributed by atoms with Gasteiger partial charge in [0.2, 0.25) is 0 Å². The van der Waals surface area contributed by atoms with Crippen molar-refractivity contribution in [3.63, 3.8) is 0 Å². The number of anilines is 1. The van der Waals surface area contributed by atoms with Gasteiger partial charge in [0.05, 0.1) is 4.90 Å². The largest absolute Gasteiger partial charge is 0.486 e. The lowest BCUT2D eigenvalue weighted by Crippen LogP contribution is -2.23. The van der Waals surface area contributed by atoms with Crippen molar-refractivity contribution >= 4 is 33.2 Å². The zero-order valence-electron chi connectivity index (χ0n) is 16.3. The quantitative estimate of drug-likeness (QED) is 0.585. The van der Waals surface area contributed by atoms with Gasteiger partial charge in [-0.3, -0.25) is 9.52 Å². The fraction of sp³-hybridized carbons (Fsp3) is 0.136. The van der Waals surface area contributed by atoms with Gasteiger partial charge in [0.25, 0.3) is 15.9 Å². The van der Waals surface area contributed by atoms with Crippen LogP contribution in [-0.2, 0) is 16.6 Å². The van der Waals surface area contributed by atoms with Gasteiger partial charge in [-0.15, -0.1) is 0 Å². The molecular weight excluding hydrogens is 440 g/mol. The Kier molecular flexibility index (Phi) is 6.01. The lowest BCUT2D eigenvalue weighted by molar-refractivity contribution is 0.0951. The Labute approximate surface area is 185 Å². The predicted molar refractivity (Wildman–Crippen MR) is 117 cm³/mol. The third kappa shape index (κ3) is 5.10. The SMILES string of the molecule is O=C(NCc1ccc(Cl)cc1)c1cccc(NS(=O)(=O)c2ccc3c(c2)OCCO3)c1. The second-order valence-electron chi connectivity index (χ2n) is 6.80. The van der Waals surface area contributed by atoms with Crippen LogP contribution in [0.5, 0.6) is 11.5 Å². The summed E-state index contributed by atoms with van der Waals surface area (Å²) < 4.78 is 38.9. The Balaban J connectivity index is 1.46. The van der Waals surface area contributed by atoms with Gasteiger partial charge < -0.3 is 14.8 Å². The van der Waals surface area contributed by atoms with E-state index in [9.17, 15) is 13.2 Å². The summed E-state index contributed by atoms with van der Waals surface area (Å²) in [4.78, 5) is 12.5. The number of carbonyl (C=O) groups is 1. The zero-order valence-corrected chi connectivity index (χ0v) is 17.9. The summed E-state index contributed by atoms with van der Waals surface area (Å²) >= 11 is 5.86. The van der Waals surface area contributed by atoms with Crippen LogP contribution in [0.3, 0.4) is 0 Å². The van der Waals surface area contributed by atoms with Crippen LogP contribution in [0.15, 0.2) is 71.6 Å². The van der Waals surface area contributed by atoms with Crippen LogP contribution in [0.4, 0.5) is 5.69 Å². The molecule has 7 nitrogen and oxygen atoms in total. The maximum absolute atomic E-state index is 12.8. The number of nitrogens with one attached hydrogen (secondary N) is 2. The molecule has 0 bridgehead atoms. The van der Waals surface area contributed by atoms with Crippen LogP contribution < -0.4 is 19.5 Å². The van der Waals surface area contributed by atoms with Crippen LogP contribution in [0, 0.1) is 0 Å². The normalized spacial score (nSPS) is 12.8. The zero-order chi connectivity index (χ0) is 21.8. The Bertz CT molecular complexity index is 1210. The number of sulfonamides is 1. The van der Waals surface area contributed by atoms with Gasteiger partial charge in [-0.25, -0.2) is 8.42 Å². The van der Waals surface area contributed by atoms with Crippen molar-refractivity contribution in [2.45, 2.75) is 11.4 Å². The van der Waals surface area contributed by atoms with Gasteiger partial charge in [0.1, 0.15) is 13.2 Å². The molecule has 0 spiro atoms. The highest BCUT2D eigenvalue weighted by atomic mass is 35.5. The fourth-order valence-corrected chi connectivity index (χ4v) is 4.21. The van der Waals surface area contributed by atoms with Crippen molar-refractivity contribution < 1.29 is 22.7 Å². The molecule has 1 aliphatic heterocycles. The molecule has 0 aromatic heterocycles. The first-order chi connectivity index (χ1) is 14.9. The van der Waals surface area contributed by atoms with Crippen molar-refractivity contribution in [3.8, 4) is 11.5 Å². The second kappa shape index (κ2) is 8.87. The first-order valence-corrected chi connectivity index (χ1v) is 11.3. The molecule has 2 N–H and O–H groups in total. The van der Waals surface area contributed by atoms with E-state index in [2.05, 4.69) is 10.0 Å². The molecule has 3 aromatic carbocycles. The molecule has 0 fully saturated rings. The number of carbonyl (C=O) groups excluding carboxylic acids is 1. The lowest BCUT2D eigenvalue weighted by Gasteiger charge is -2.19. The molecule has 0 atom stereocenters. The van der Waals surface area contributed by atoms with Crippen molar-refractivity contribution in [2.24, 2.45) is 0 Å². The van der Waals surface area contributed by atoms with E-state index in [4.69, 9.17) is 21.1 Å². The standard InChI is InChI=1S/C22H19ClN2O5S/c23-17-6-4-15(5-7-17)14-24-22(26)16-2-1-3-18(12-16)25-31(27,28)19-8-9-20-21(13-19)30-11-10-29-20/h1-9,12-13,25H,10-11,14H2,(H,24,26). The third-order valence-electron chi connectivity index (χ3n) is 4.57. The minimum Gasteiger partial charge on any atom is -0.486 e. The van der Waals surface area contributed by atoms with Crippen molar-refractivity contribution in [3.05, 3.63) is 82.9 Å².